The summed E-state index contributed by atoms with van der Waals surface area (Å²) in [6.45, 7) is 1.90. The second-order valence-corrected chi connectivity index (χ2v) is 2.61. The van der Waals surface area contributed by atoms with Crippen LogP contribution in [0.2, 0.25) is 0 Å². The number of halogens is 1. The minimum atomic E-state index is -0.826. The number of nitrogens with zero attached hydrogens (tertiary/aromatic N) is 1. The molecule has 14 heavy (non-hydrogen) atoms. The van der Waals surface area contributed by atoms with Crippen molar-refractivity contribution in [2.45, 2.75) is 13.3 Å². The van der Waals surface area contributed by atoms with Crippen molar-refractivity contribution in [3.05, 3.63) is 23.8 Å². The first-order valence-electron chi connectivity index (χ1n) is 4.12. The Labute approximate surface area is 80.3 Å². The van der Waals surface area contributed by atoms with Crippen LogP contribution in [0.1, 0.15) is 12.5 Å². The standard InChI is InChI=1S/C9H10FNO3/c1-2-14-8(13)3-6-4-11-5-7(12)9(6)10/h4-5,12H,2-3H2,1H3. The Bertz CT molecular complexity index is 341. The third kappa shape index (κ3) is 2.42. The Hall–Kier alpha value is -1.65. The van der Waals surface area contributed by atoms with Gasteiger partial charge in [0.2, 0.25) is 0 Å². The summed E-state index contributed by atoms with van der Waals surface area (Å²) >= 11 is 0. The van der Waals surface area contributed by atoms with Gasteiger partial charge in [-0.25, -0.2) is 4.39 Å². The Morgan fingerprint density at radius 2 is 2.36 bits per heavy atom. The van der Waals surface area contributed by atoms with Crippen molar-refractivity contribution in [1.82, 2.24) is 4.98 Å². The van der Waals surface area contributed by atoms with Gasteiger partial charge in [-0.1, -0.05) is 0 Å². The van der Waals surface area contributed by atoms with E-state index >= 15 is 0 Å². The highest BCUT2D eigenvalue weighted by molar-refractivity contribution is 5.72. The molecule has 0 saturated heterocycles. The predicted molar refractivity (Wildman–Crippen MR) is 46.2 cm³/mol. The van der Waals surface area contributed by atoms with Crippen molar-refractivity contribution in [3.63, 3.8) is 0 Å². The van der Waals surface area contributed by atoms with Gasteiger partial charge in [0.15, 0.2) is 11.6 Å². The van der Waals surface area contributed by atoms with E-state index in [0.29, 0.717) is 0 Å². The zero-order valence-corrected chi connectivity index (χ0v) is 7.66. The normalized spacial score (nSPS) is 9.86. The topological polar surface area (TPSA) is 59.4 Å². The lowest BCUT2D eigenvalue weighted by molar-refractivity contribution is -0.142. The smallest absolute Gasteiger partial charge is 0.310 e. The first-order chi connectivity index (χ1) is 6.65. The summed E-state index contributed by atoms with van der Waals surface area (Å²) in [6, 6.07) is 0. The van der Waals surface area contributed by atoms with Crippen LogP contribution in [-0.2, 0) is 16.0 Å². The first-order valence-corrected chi connectivity index (χ1v) is 4.12. The lowest BCUT2D eigenvalue weighted by Crippen LogP contribution is -2.09. The highest BCUT2D eigenvalue weighted by Crippen LogP contribution is 2.17. The number of pyridine rings is 1. The fraction of sp³-hybridized carbons (Fsp3) is 0.333. The molecule has 0 aliphatic carbocycles. The third-order valence-electron chi connectivity index (χ3n) is 1.57. The summed E-state index contributed by atoms with van der Waals surface area (Å²) in [4.78, 5) is 14.5. The molecule has 1 N–H and O–H groups in total. The Morgan fingerprint density at radius 3 is 3.00 bits per heavy atom. The molecular weight excluding hydrogens is 189 g/mol. The highest BCUT2D eigenvalue weighted by atomic mass is 19.1. The molecule has 0 atom stereocenters. The summed E-state index contributed by atoms with van der Waals surface area (Å²) < 4.78 is 17.7. The first kappa shape index (κ1) is 10.4. The molecule has 5 heteroatoms. The number of ether oxygens (including phenoxy) is 1. The number of aromatic hydroxyl groups is 1. The van der Waals surface area contributed by atoms with E-state index in [1.165, 1.54) is 6.20 Å². The summed E-state index contributed by atoms with van der Waals surface area (Å²) in [5, 5.41) is 8.95. The maximum Gasteiger partial charge on any atom is 0.310 e. The van der Waals surface area contributed by atoms with Crippen LogP contribution in [0.15, 0.2) is 12.4 Å². The number of carbonyl (C=O) groups excluding carboxylic acids is 1. The third-order valence-corrected chi connectivity index (χ3v) is 1.57. The molecule has 0 aromatic carbocycles. The van der Waals surface area contributed by atoms with Gasteiger partial charge in [-0.05, 0) is 6.92 Å². The number of aromatic nitrogens is 1. The second kappa shape index (κ2) is 4.55. The van der Waals surface area contributed by atoms with Crippen molar-refractivity contribution in [2.24, 2.45) is 0 Å². The van der Waals surface area contributed by atoms with Crippen molar-refractivity contribution < 1.29 is 19.0 Å². The maximum atomic E-state index is 13.1. The van der Waals surface area contributed by atoms with Gasteiger partial charge in [-0.2, -0.15) is 0 Å². The van der Waals surface area contributed by atoms with Gasteiger partial charge in [0.05, 0.1) is 19.2 Å². The zero-order chi connectivity index (χ0) is 10.6. The predicted octanol–water partition coefficient (Wildman–Crippen LogP) is 1.03. The molecule has 0 amide bonds. The van der Waals surface area contributed by atoms with Gasteiger partial charge >= 0.3 is 5.97 Å². The largest absolute Gasteiger partial charge is 0.504 e. The van der Waals surface area contributed by atoms with E-state index < -0.39 is 17.5 Å². The molecule has 0 radical (unpaired) electrons. The minimum Gasteiger partial charge on any atom is -0.504 e. The van der Waals surface area contributed by atoms with Gasteiger partial charge in [-0.15, -0.1) is 0 Å². The molecular formula is C9H10FNO3. The summed E-state index contributed by atoms with van der Waals surface area (Å²) in [7, 11) is 0. The van der Waals surface area contributed by atoms with Gasteiger partial charge < -0.3 is 9.84 Å². The van der Waals surface area contributed by atoms with E-state index in [-0.39, 0.29) is 18.6 Å². The van der Waals surface area contributed by atoms with E-state index in [2.05, 4.69) is 9.72 Å². The summed E-state index contributed by atoms with van der Waals surface area (Å²) in [6.07, 6.45) is 1.94. The molecule has 4 nitrogen and oxygen atoms in total. The van der Waals surface area contributed by atoms with E-state index in [4.69, 9.17) is 5.11 Å². The molecule has 0 unspecified atom stereocenters. The average molecular weight is 199 g/mol. The van der Waals surface area contributed by atoms with Crippen LogP contribution < -0.4 is 0 Å². The van der Waals surface area contributed by atoms with Crippen LogP contribution in [0.4, 0.5) is 4.39 Å². The SMILES string of the molecule is CCOC(=O)Cc1cncc(O)c1F. The number of rotatable bonds is 3. The monoisotopic (exact) mass is 199 g/mol. The molecule has 0 aliphatic heterocycles. The van der Waals surface area contributed by atoms with Gasteiger partial charge in [0.25, 0.3) is 0 Å². The van der Waals surface area contributed by atoms with Crippen molar-refractivity contribution in [1.29, 1.82) is 0 Å². The summed E-state index contributed by atoms with van der Waals surface area (Å²) in [5.41, 5.74) is 0.0310. The quantitative estimate of drug-likeness (QED) is 0.738. The van der Waals surface area contributed by atoms with E-state index in [9.17, 15) is 9.18 Å². The van der Waals surface area contributed by atoms with Crippen LogP contribution in [0, 0.1) is 5.82 Å². The molecule has 1 aromatic heterocycles. The van der Waals surface area contributed by atoms with Crippen molar-refractivity contribution in [3.8, 4) is 5.75 Å². The lowest BCUT2D eigenvalue weighted by Gasteiger charge is -2.03. The van der Waals surface area contributed by atoms with Crippen LogP contribution in [0.3, 0.4) is 0 Å². The Kier molecular flexibility index (Phi) is 3.39. The molecule has 0 saturated carbocycles. The van der Waals surface area contributed by atoms with Crippen LogP contribution in [0.25, 0.3) is 0 Å². The molecule has 0 aliphatic rings. The second-order valence-electron chi connectivity index (χ2n) is 2.61. The number of carbonyl (C=O) groups is 1. The molecule has 76 valence electrons. The van der Waals surface area contributed by atoms with E-state index in [1.807, 2.05) is 0 Å². The van der Waals surface area contributed by atoms with Crippen molar-refractivity contribution >= 4 is 5.97 Å². The molecule has 0 spiro atoms. The number of hydrogen-bond donors (Lipinski definition) is 1. The van der Waals surface area contributed by atoms with Gasteiger partial charge in [0.1, 0.15) is 0 Å². The fourth-order valence-corrected chi connectivity index (χ4v) is 0.966. The van der Waals surface area contributed by atoms with Crippen molar-refractivity contribution in [2.75, 3.05) is 6.61 Å². The van der Waals surface area contributed by atoms with Gasteiger partial charge in [-0.3, -0.25) is 9.78 Å². The van der Waals surface area contributed by atoms with Gasteiger partial charge in [0, 0.05) is 11.8 Å². The highest BCUT2D eigenvalue weighted by Gasteiger charge is 2.12. The maximum absolute atomic E-state index is 13.1. The fourth-order valence-electron chi connectivity index (χ4n) is 0.966. The van der Waals surface area contributed by atoms with E-state index in [0.717, 1.165) is 6.20 Å². The molecule has 0 fully saturated rings. The van der Waals surface area contributed by atoms with Crippen LogP contribution in [-0.4, -0.2) is 22.7 Å². The molecule has 0 bridgehead atoms. The van der Waals surface area contributed by atoms with Crippen LogP contribution >= 0.6 is 0 Å². The Morgan fingerprint density at radius 1 is 1.64 bits per heavy atom. The Balaban J connectivity index is 2.76. The lowest BCUT2D eigenvalue weighted by atomic mass is 10.2. The number of esters is 1. The van der Waals surface area contributed by atoms with Crippen LogP contribution in [0.5, 0.6) is 5.75 Å². The summed E-state index contributed by atoms with van der Waals surface area (Å²) in [5.74, 6) is -1.93. The molecule has 1 heterocycles. The molecule has 1 rings (SSSR count). The average Bonchev–Trinajstić information content (AvgIpc) is 2.13. The van der Waals surface area contributed by atoms with E-state index in [1.54, 1.807) is 6.92 Å². The minimum absolute atomic E-state index is 0.0310. The zero-order valence-electron chi connectivity index (χ0n) is 7.66. The molecule has 1 aromatic rings. The number of hydrogen-bond acceptors (Lipinski definition) is 4.